The molecule has 3 heterocycles. The maximum atomic E-state index is 13.1. The van der Waals surface area contributed by atoms with Gasteiger partial charge in [0, 0.05) is 40.1 Å². The van der Waals surface area contributed by atoms with Gasteiger partial charge in [0.05, 0.1) is 7.11 Å². The van der Waals surface area contributed by atoms with E-state index in [4.69, 9.17) is 9.73 Å². The highest BCUT2D eigenvalue weighted by molar-refractivity contribution is 7.10. The monoisotopic (exact) mass is 385 g/mol. The third-order valence-electron chi connectivity index (χ3n) is 5.19. The summed E-state index contributed by atoms with van der Waals surface area (Å²) in [5.41, 5.74) is 3.27. The van der Waals surface area contributed by atoms with E-state index in [9.17, 15) is 9.59 Å². The largest absolute Gasteiger partial charge is 0.468 e. The molecule has 0 amide bonds. The third kappa shape index (κ3) is 2.87. The Morgan fingerprint density at radius 3 is 2.77 bits per heavy atom. The Morgan fingerprint density at radius 2 is 2.12 bits per heavy atom. The molecule has 26 heavy (non-hydrogen) atoms. The van der Waals surface area contributed by atoms with Crippen molar-refractivity contribution in [1.82, 2.24) is 0 Å². The second-order valence-corrected chi connectivity index (χ2v) is 8.45. The number of carbonyl (C=O) groups excluding carboxylic acids is 2. The summed E-state index contributed by atoms with van der Waals surface area (Å²) >= 11 is 3.25. The minimum absolute atomic E-state index is 0.103. The molecule has 3 atom stereocenters. The number of methoxy groups -OCH3 is 1. The number of hydrogen-bond donors (Lipinski definition) is 0. The molecule has 0 radical (unpaired) electrons. The zero-order valence-corrected chi connectivity index (χ0v) is 16.2. The fraction of sp³-hybridized carbons (Fsp3) is 0.350. The molecule has 1 aliphatic carbocycles. The Balaban J connectivity index is 1.80. The average Bonchev–Trinajstić information content (AvgIpc) is 3.33. The summed E-state index contributed by atoms with van der Waals surface area (Å²) < 4.78 is 5.03. The molecule has 4 rings (SSSR count). The van der Waals surface area contributed by atoms with Crippen LogP contribution >= 0.6 is 22.7 Å². The van der Waals surface area contributed by atoms with Crippen LogP contribution in [0.3, 0.4) is 0 Å². The average molecular weight is 386 g/mol. The highest BCUT2D eigenvalue weighted by atomic mass is 32.1. The van der Waals surface area contributed by atoms with E-state index in [2.05, 4.69) is 6.07 Å². The summed E-state index contributed by atoms with van der Waals surface area (Å²) in [5, 5.41) is 6.04. The molecule has 1 aliphatic heterocycles. The van der Waals surface area contributed by atoms with Gasteiger partial charge in [0.1, 0.15) is 5.92 Å². The molecule has 0 spiro atoms. The smallest absolute Gasteiger partial charge is 0.315 e. The van der Waals surface area contributed by atoms with Gasteiger partial charge in [0.2, 0.25) is 0 Å². The first kappa shape index (κ1) is 17.4. The highest BCUT2D eigenvalue weighted by Crippen LogP contribution is 2.47. The van der Waals surface area contributed by atoms with Gasteiger partial charge in [-0.05, 0) is 47.2 Å². The number of thiophene rings is 2. The predicted molar refractivity (Wildman–Crippen MR) is 104 cm³/mol. The number of ketones is 1. The van der Waals surface area contributed by atoms with Gasteiger partial charge < -0.3 is 4.74 Å². The molecular weight excluding hydrogens is 366 g/mol. The summed E-state index contributed by atoms with van der Waals surface area (Å²) in [6, 6.07) is 6.10. The predicted octanol–water partition coefficient (Wildman–Crippen LogP) is 4.56. The molecule has 2 aliphatic rings. The summed E-state index contributed by atoms with van der Waals surface area (Å²) in [4.78, 5) is 31.5. The molecule has 1 unspecified atom stereocenters. The van der Waals surface area contributed by atoms with Crippen molar-refractivity contribution in [3.63, 3.8) is 0 Å². The molecular formula is C20H19NO3S2. The number of carbonyl (C=O) groups is 2. The number of rotatable bonds is 3. The molecule has 0 saturated heterocycles. The van der Waals surface area contributed by atoms with E-state index in [1.54, 1.807) is 22.7 Å². The first-order valence-corrected chi connectivity index (χ1v) is 10.4. The topological polar surface area (TPSA) is 55.7 Å². The van der Waals surface area contributed by atoms with E-state index in [0.29, 0.717) is 12.0 Å². The van der Waals surface area contributed by atoms with Crippen LogP contribution in [0.1, 0.15) is 42.0 Å². The number of Topliss-reactive ketones (excluding diaryl/α,β-unsaturated/α-hetero) is 1. The van der Waals surface area contributed by atoms with Crippen molar-refractivity contribution in [3.05, 3.63) is 56.1 Å². The fourth-order valence-electron chi connectivity index (χ4n) is 4.03. The minimum atomic E-state index is -0.532. The van der Waals surface area contributed by atoms with Gasteiger partial charge >= 0.3 is 5.97 Å². The standard InChI is InChI=1S/C20H19NO3S2/c1-11-17(20(23)24-2)18(12-5-7-25-10-12)19-14(21-11)8-13(9-15(19)22)16-4-3-6-26-16/h3-7,10,13,17-18H,8-9H2,1-2H3/t13-,17?,18-/m1/s1. The van der Waals surface area contributed by atoms with Gasteiger partial charge in [-0.2, -0.15) is 11.3 Å². The zero-order chi connectivity index (χ0) is 18.3. The van der Waals surface area contributed by atoms with Crippen molar-refractivity contribution >= 4 is 40.1 Å². The van der Waals surface area contributed by atoms with Gasteiger partial charge in [-0.25, -0.2) is 0 Å². The summed E-state index contributed by atoms with van der Waals surface area (Å²) in [6.07, 6.45) is 1.22. The van der Waals surface area contributed by atoms with Crippen molar-refractivity contribution < 1.29 is 14.3 Å². The molecule has 0 fully saturated rings. The maximum absolute atomic E-state index is 13.1. The van der Waals surface area contributed by atoms with Crippen molar-refractivity contribution in [2.45, 2.75) is 31.6 Å². The van der Waals surface area contributed by atoms with Gasteiger partial charge in [-0.15, -0.1) is 11.3 Å². The molecule has 134 valence electrons. The minimum Gasteiger partial charge on any atom is -0.468 e. The van der Waals surface area contributed by atoms with Gasteiger partial charge in [0.25, 0.3) is 0 Å². The third-order valence-corrected chi connectivity index (χ3v) is 6.93. The number of ether oxygens (including phenoxy) is 1. The zero-order valence-electron chi connectivity index (χ0n) is 14.6. The van der Waals surface area contributed by atoms with E-state index in [-0.39, 0.29) is 23.6 Å². The van der Waals surface area contributed by atoms with Gasteiger partial charge in [-0.3, -0.25) is 14.6 Å². The first-order valence-electron chi connectivity index (χ1n) is 8.55. The number of esters is 1. The summed E-state index contributed by atoms with van der Waals surface area (Å²) in [7, 11) is 1.39. The lowest BCUT2D eigenvalue weighted by Crippen LogP contribution is -2.37. The van der Waals surface area contributed by atoms with Crippen molar-refractivity contribution in [3.8, 4) is 0 Å². The highest BCUT2D eigenvalue weighted by Gasteiger charge is 2.44. The summed E-state index contributed by atoms with van der Waals surface area (Å²) in [6.45, 7) is 1.87. The maximum Gasteiger partial charge on any atom is 0.315 e. The van der Waals surface area contributed by atoms with Crippen molar-refractivity contribution in [2.75, 3.05) is 7.11 Å². The van der Waals surface area contributed by atoms with Gasteiger partial charge in [-0.1, -0.05) is 6.07 Å². The van der Waals surface area contributed by atoms with Crippen LogP contribution in [0.5, 0.6) is 0 Å². The molecule has 0 N–H and O–H groups in total. The lowest BCUT2D eigenvalue weighted by molar-refractivity contribution is -0.143. The molecule has 2 aromatic rings. The van der Waals surface area contributed by atoms with E-state index in [1.165, 1.54) is 12.0 Å². The first-order chi connectivity index (χ1) is 12.6. The fourth-order valence-corrected chi connectivity index (χ4v) is 5.56. The SMILES string of the molecule is COC(=O)C1C(C)=NC2=C(C(=O)C[C@H](c3cccs3)C2)[C@@H]1c1ccsc1. The Labute approximate surface area is 160 Å². The number of aliphatic imine (C=N–C) groups is 1. The van der Waals surface area contributed by atoms with Crippen LogP contribution in [-0.4, -0.2) is 24.6 Å². The Morgan fingerprint density at radius 1 is 1.27 bits per heavy atom. The van der Waals surface area contributed by atoms with E-state index in [0.717, 1.165) is 23.4 Å². The Kier molecular flexibility index (Phi) is 4.63. The number of allylic oxidation sites excluding steroid dienone is 2. The van der Waals surface area contributed by atoms with E-state index < -0.39 is 5.92 Å². The quantitative estimate of drug-likeness (QED) is 0.728. The van der Waals surface area contributed by atoms with Crippen LogP contribution in [0, 0.1) is 5.92 Å². The van der Waals surface area contributed by atoms with Crippen molar-refractivity contribution in [1.29, 1.82) is 0 Å². The van der Waals surface area contributed by atoms with Crippen LogP contribution < -0.4 is 0 Å². The van der Waals surface area contributed by atoms with Crippen LogP contribution in [0.4, 0.5) is 0 Å². The second kappa shape index (κ2) is 6.93. The van der Waals surface area contributed by atoms with E-state index in [1.807, 2.05) is 35.2 Å². The molecule has 2 aromatic heterocycles. The Bertz CT molecular complexity index is 894. The molecule has 4 nitrogen and oxygen atoms in total. The Hall–Kier alpha value is -2.05. The molecule has 0 aromatic carbocycles. The summed E-state index contributed by atoms with van der Waals surface area (Å²) in [5.74, 6) is -0.877. The van der Waals surface area contributed by atoms with Crippen LogP contribution in [0.2, 0.25) is 0 Å². The van der Waals surface area contributed by atoms with Crippen LogP contribution in [-0.2, 0) is 14.3 Å². The normalized spacial score (nSPS) is 25.7. The second-order valence-electron chi connectivity index (χ2n) is 6.69. The number of nitrogens with zero attached hydrogens (tertiary/aromatic N) is 1. The van der Waals surface area contributed by atoms with Gasteiger partial charge in [0.15, 0.2) is 5.78 Å². The molecule has 0 saturated carbocycles. The number of hydrogen-bond acceptors (Lipinski definition) is 6. The molecule has 6 heteroatoms. The lowest BCUT2D eigenvalue weighted by Gasteiger charge is -2.35. The van der Waals surface area contributed by atoms with E-state index >= 15 is 0 Å². The van der Waals surface area contributed by atoms with Crippen LogP contribution in [0.25, 0.3) is 0 Å². The lowest BCUT2D eigenvalue weighted by atomic mass is 9.70. The molecule has 0 bridgehead atoms. The van der Waals surface area contributed by atoms with Crippen molar-refractivity contribution in [2.24, 2.45) is 10.9 Å². The van der Waals surface area contributed by atoms with Crippen LogP contribution in [0.15, 0.2) is 50.6 Å².